The Morgan fingerprint density at radius 2 is 1.26 bits per heavy atom. The molecule has 0 spiro atoms. The number of nitrogens with zero attached hydrogens (tertiary/aromatic N) is 1. The number of carboxylic acids is 1. The predicted molar refractivity (Wildman–Crippen MR) is 143 cm³/mol. The van der Waals surface area contributed by atoms with E-state index in [9.17, 15) is 58.3 Å². The summed E-state index contributed by atoms with van der Waals surface area (Å²) in [4.78, 5) is 34.6. The second-order valence-electron chi connectivity index (χ2n) is 10.5. The number of aliphatic carboxylic acids is 1. The van der Waals surface area contributed by atoms with Crippen LogP contribution in [0.25, 0.3) is 0 Å². The molecular weight excluding hydrogens is 686 g/mol. The van der Waals surface area contributed by atoms with Crippen LogP contribution in [0.15, 0.2) is 24.3 Å². The van der Waals surface area contributed by atoms with Crippen molar-refractivity contribution in [1.82, 2.24) is 10.2 Å². The van der Waals surface area contributed by atoms with E-state index in [1.807, 2.05) is 0 Å². The normalized spacial score (nSPS) is 21.6. The number of carbonyl (C=O) groups excluding carboxylic acids is 1. The van der Waals surface area contributed by atoms with Gasteiger partial charge in [-0.3, -0.25) is 9.59 Å². The van der Waals surface area contributed by atoms with Crippen LogP contribution in [0.2, 0.25) is 0 Å². The molecular formula is C28H27ClF10N2O6. The molecule has 19 heteroatoms. The fourth-order valence-corrected chi connectivity index (χ4v) is 5.41. The van der Waals surface area contributed by atoms with Crippen molar-refractivity contribution in [2.24, 2.45) is 11.8 Å². The SMILES string of the molecule is COC(=O)C1CCNC(c2cc(F)c(C(F)(F)F)c(F)c2)C1.Cl.O=C(O)C1CCN(C(=O)O)C(c2cc(F)c(C(F)(F)F)c(F)c2)C1. The van der Waals surface area contributed by atoms with E-state index in [4.69, 9.17) is 10.2 Å². The van der Waals surface area contributed by atoms with Gasteiger partial charge in [0.1, 0.15) is 34.4 Å². The summed E-state index contributed by atoms with van der Waals surface area (Å²) in [6.07, 6.45) is -11.4. The van der Waals surface area contributed by atoms with Crippen LogP contribution in [0.4, 0.5) is 48.7 Å². The van der Waals surface area contributed by atoms with Crippen LogP contribution in [-0.4, -0.2) is 53.3 Å². The Morgan fingerprint density at radius 1 is 0.787 bits per heavy atom. The Bertz CT molecular complexity index is 1430. The molecule has 0 aromatic heterocycles. The average Bonchev–Trinajstić information content (AvgIpc) is 2.94. The standard InChI is InChI=1S/C14H12F5NO4.C14H14F5NO2.ClH/c15-8-3-7(4-9(16)11(8)14(17,18)19)10-5-6(12(21)22)1-2-20(10)13(23)24;1-22-13(21)7-2-3-20-11(6-7)8-4-9(15)12(10(16)5-8)14(17,18)19;/h3-4,6,10H,1-2,5H2,(H,21,22)(H,23,24);4-5,7,11,20H,2-3,6H2,1H3;1H. The number of carboxylic acid groups (broad SMARTS) is 2. The molecule has 47 heavy (non-hydrogen) atoms. The van der Waals surface area contributed by atoms with Crippen LogP contribution in [0.5, 0.6) is 0 Å². The number of nitrogens with one attached hydrogen (secondary N) is 1. The summed E-state index contributed by atoms with van der Waals surface area (Å²) in [5.74, 6) is -10.1. The van der Waals surface area contributed by atoms with Gasteiger partial charge in [0, 0.05) is 12.6 Å². The zero-order valence-corrected chi connectivity index (χ0v) is 24.8. The Labute approximate surface area is 266 Å². The zero-order chi connectivity index (χ0) is 34.7. The Kier molecular flexibility index (Phi) is 12.9. The van der Waals surface area contributed by atoms with Gasteiger partial charge in [-0.25, -0.2) is 22.4 Å². The highest BCUT2D eigenvalue weighted by Crippen LogP contribution is 2.40. The molecule has 2 heterocycles. The summed E-state index contributed by atoms with van der Waals surface area (Å²) >= 11 is 0. The molecule has 262 valence electrons. The van der Waals surface area contributed by atoms with Crippen LogP contribution in [-0.2, 0) is 26.7 Å². The highest BCUT2D eigenvalue weighted by molar-refractivity contribution is 5.85. The molecule has 2 aromatic carbocycles. The van der Waals surface area contributed by atoms with Crippen LogP contribution in [0.1, 0.15) is 60.0 Å². The van der Waals surface area contributed by atoms with Crippen molar-refractivity contribution >= 4 is 30.4 Å². The molecule has 3 N–H and O–H groups in total. The summed E-state index contributed by atoms with van der Waals surface area (Å²) in [7, 11) is 1.23. The fourth-order valence-electron chi connectivity index (χ4n) is 5.41. The molecule has 2 fully saturated rings. The Balaban J connectivity index is 0.000000321. The molecule has 0 saturated carbocycles. The van der Waals surface area contributed by atoms with Gasteiger partial charge in [0.05, 0.1) is 25.0 Å². The van der Waals surface area contributed by atoms with Gasteiger partial charge in [0.25, 0.3) is 0 Å². The number of hydrogen-bond donors (Lipinski definition) is 3. The first-order chi connectivity index (χ1) is 21.3. The van der Waals surface area contributed by atoms with Crippen molar-refractivity contribution in [3.05, 3.63) is 69.8 Å². The van der Waals surface area contributed by atoms with E-state index in [0.717, 1.165) is 4.90 Å². The lowest BCUT2D eigenvalue weighted by Gasteiger charge is -2.36. The summed E-state index contributed by atoms with van der Waals surface area (Å²) in [6.45, 7) is 0.190. The van der Waals surface area contributed by atoms with E-state index in [-0.39, 0.29) is 49.3 Å². The molecule has 1 amide bonds. The van der Waals surface area contributed by atoms with Gasteiger partial charge in [0.15, 0.2) is 0 Å². The quantitative estimate of drug-likeness (QED) is 0.229. The Hall–Kier alpha value is -3.80. The van der Waals surface area contributed by atoms with E-state index in [0.29, 0.717) is 37.2 Å². The molecule has 2 aromatic rings. The third-order valence-corrected chi connectivity index (χ3v) is 7.62. The molecule has 2 aliphatic rings. The number of rotatable bonds is 4. The fraction of sp³-hybridized carbons (Fsp3) is 0.464. The lowest BCUT2D eigenvalue weighted by atomic mass is 9.87. The number of hydrogen-bond acceptors (Lipinski definition) is 5. The zero-order valence-electron chi connectivity index (χ0n) is 24.0. The van der Waals surface area contributed by atoms with Gasteiger partial charge < -0.3 is 25.2 Å². The summed E-state index contributed by atoms with van der Waals surface area (Å²) in [5.41, 5.74) is -4.29. The van der Waals surface area contributed by atoms with Crippen molar-refractivity contribution < 1.29 is 73.2 Å². The first-order valence-corrected chi connectivity index (χ1v) is 13.4. The second-order valence-corrected chi connectivity index (χ2v) is 10.5. The molecule has 2 aliphatic heterocycles. The first-order valence-electron chi connectivity index (χ1n) is 13.4. The maximum atomic E-state index is 13.7. The number of methoxy groups -OCH3 is 1. The number of piperidine rings is 2. The monoisotopic (exact) mass is 712 g/mol. The maximum Gasteiger partial charge on any atom is 0.422 e. The van der Waals surface area contributed by atoms with Crippen LogP contribution in [0.3, 0.4) is 0 Å². The maximum absolute atomic E-state index is 13.7. The molecule has 2 saturated heterocycles. The van der Waals surface area contributed by atoms with Crippen LogP contribution >= 0.6 is 12.4 Å². The smallest absolute Gasteiger partial charge is 0.422 e. The van der Waals surface area contributed by atoms with E-state index in [1.165, 1.54) is 7.11 Å². The Morgan fingerprint density at radius 3 is 1.66 bits per heavy atom. The van der Waals surface area contributed by atoms with Crippen molar-refractivity contribution in [2.45, 2.75) is 50.1 Å². The molecule has 0 aliphatic carbocycles. The molecule has 0 bridgehead atoms. The average molecular weight is 713 g/mol. The lowest BCUT2D eigenvalue weighted by molar-refractivity contribution is -0.147. The summed E-state index contributed by atoms with van der Waals surface area (Å²) < 4.78 is 135. The molecule has 4 atom stereocenters. The van der Waals surface area contributed by atoms with Gasteiger partial charge >= 0.3 is 30.4 Å². The third-order valence-electron chi connectivity index (χ3n) is 7.62. The van der Waals surface area contributed by atoms with Crippen molar-refractivity contribution in [1.29, 1.82) is 0 Å². The van der Waals surface area contributed by atoms with E-state index in [2.05, 4.69) is 10.1 Å². The van der Waals surface area contributed by atoms with E-state index >= 15 is 0 Å². The first kappa shape index (κ1) is 39.4. The van der Waals surface area contributed by atoms with Crippen molar-refractivity contribution in [3.8, 4) is 0 Å². The summed E-state index contributed by atoms with van der Waals surface area (Å²) in [5, 5.41) is 21.1. The highest BCUT2D eigenvalue weighted by Gasteiger charge is 2.41. The third kappa shape index (κ3) is 9.39. The highest BCUT2D eigenvalue weighted by atomic mass is 35.5. The lowest BCUT2D eigenvalue weighted by Crippen LogP contribution is -2.42. The van der Waals surface area contributed by atoms with Crippen molar-refractivity contribution in [3.63, 3.8) is 0 Å². The second kappa shape index (κ2) is 15.4. The number of carbonyl (C=O) groups is 3. The molecule has 4 unspecified atom stereocenters. The number of esters is 1. The minimum atomic E-state index is -5.24. The predicted octanol–water partition coefficient (Wildman–Crippen LogP) is 7.12. The number of halogens is 11. The number of likely N-dealkylation sites (tertiary alicyclic amines) is 1. The summed E-state index contributed by atoms with van der Waals surface area (Å²) in [6, 6.07) is 0.257. The van der Waals surface area contributed by atoms with Gasteiger partial charge in [0.2, 0.25) is 0 Å². The largest absolute Gasteiger partial charge is 0.481 e. The van der Waals surface area contributed by atoms with Crippen LogP contribution < -0.4 is 5.32 Å². The molecule has 8 nitrogen and oxygen atoms in total. The minimum Gasteiger partial charge on any atom is -0.481 e. The van der Waals surface area contributed by atoms with E-state index < -0.39 is 88.7 Å². The van der Waals surface area contributed by atoms with Crippen molar-refractivity contribution in [2.75, 3.05) is 20.2 Å². The van der Waals surface area contributed by atoms with Gasteiger partial charge in [-0.2, -0.15) is 26.3 Å². The van der Waals surface area contributed by atoms with E-state index in [1.54, 1.807) is 0 Å². The topological polar surface area (TPSA) is 116 Å². The van der Waals surface area contributed by atoms with Gasteiger partial charge in [-0.1, -0.05) is 0 Å². The molecule has 4 rings (SSSR count). The number of ether oxygens (including phenoxy) is 1. The van der Waals surface area contributed by atoms with Gasteiger partial charge in [-0.05, 0) is 67.6 Å². The van der Waals surface area contributed by atoms with Gasteiger partial charge in [-0.15, -0.1) is 12.4 Å². The number of alkyl halides is 6. The van der Waals surface area contributed by atoms with Crippen LogP contribution in [0, 0.1) is 35.1 Å². The number of benzene rings is 2. The molecule has 0 radical (unpaired) electrons. The number of amides is 1. The minimum absolute atomic E-state index is 0.